The predicted molar refractivity (Wildman–Crippen MR) is 95.2 cm³/mol. The Morgan fingerprint density at radius 1 is 0.950 bits per heavy atom. The first-order valence-corrected chi connectivity index (χ1v) is 13.1. The highest BCUT2D eigenvalue weighted by Crippen LogP contribution is 2.25. The summed E-state index contributed by atoms with van der Waals surface area (Å²) in [5.41, 5.74) is 2.05. The average Bonchev–Trinajstić information content (AvgIpc) is 2.41. The van der Waals surface area contributed by atoms with Crippen LogP contribution in [-0.4, -0.2) is 29.8 Å². The van der Waals surface area contributed by atoms with Gasteiger partial charge in [-0.05, 0) is 44.1 Å². The molecule has 2 saturated heterocycles. The molecule has 0 aromatic carbocycles. The second-order valence-electron chi connectivity index (χ2n) is 6.07. The fraction of sp³-hybridized carbons (Fsp3) is 0.750. The highest BCUT2D eigenvalue weighted by atomic mass is 28.4. The van der Waals surface area contributed by atoms with Crippen molar-refractivity contribution in [3.8, 4) is 0 Å². The van der Waals surface area contributed by atoms with E-state index < -0.39 is 16.6 Å². The number of hydrogen-bond acceptors (Lipinski definition) is 2. The lowest BCUT2D eigenvalue weighted by Crippen LogP contribution is -2.36. The maximum Gasteiger partial charge on any atom is 0.213 e. The van der Waals surface area contributed by atoms with E-state index in [1.54, 1.807) is 0 Å². The van der Waals surface area contributed by atoms with Crippen molar-refractivity contribution in [1.82, 2.24) is 0 Å². The molecule has 0 aromatic heterocycles. The Morgan fingerprint density at radius 2 is 1.55 bits per heavy atom. The van der Waals surface area contributed by atoms with E-state index in [0.717, 1.165) is 19.3 Å². The molecule has 20 heavy (non-hydrogen) atoms. The molecule has 4 heteroatoms. The second kappa shape index (κ2) is 9.71. The molecule has 2 aliphatic rings. The van der Waals surface area contributed by atoms with E-state index in [4.69, 9.17) is 8.85 Å². The largest absolute Gasteiger partial charge is 0.417 e. The molecule has 2 unspecified atom stereocenters. The van der Waals surface area contributed by atoms with Crippen LogP contribution in [0.1, 0.15) is 33.1 Å². The minimum Gasteiger partial charge on any atom is -0.417 e. The van der Waals surface area contributed by atoms with Gasteiger partial charge in [0.2, 0.25) is 8.32 Å². The summed E-state index contributed by atoms with van der Waals surface area (Å²) in [4.78, 5) is 0. The van der Waals surface area contributed by atoms with Crippen LogP contribution in [0.2, 0.25) is 31.2 Å². The fourth-order valence-corrected chi connectivity index (χ4v) is 7.32. The standard InChI is InChI=1S/C8H16OSi.C7H14OSi.CH4/c1-3-7-10(2)8-5-4-6-9-10;1-3-9(2)7-5-4-6-8-9;/h3H,1,4-8H2,2H3;3H,1,4-7H2,2H3;1H4. The molecule has 2 nitrogen and oxygen atoms in total. The van der Waals surface area contributed by atoms with Gasteiger partial charge in [-0.2, -0.15) is 0 Å². The summed E-state index contributed by atoms with van der Waals surface area (Å²) in [6.45, 7) is 14.1. The third-order valence-electron chi connectivity index (χ3n) is 4.06. The number of rotatable bonds is 3. The zero-order valence-corrected chi connectivity index (χ0v) is 14.7. The van der Waals surface area contributed by atoms with Crippen molar-refractivity contribution in [3.63, 3.8) is 0 Å². The first-order valence-electron chi connectivity index (χ1n) is 7.56. The van der Waals surface area contributed by atoms with E-state index in [1.807, 2.05) is 11.8 Å². The lowest BCUT2D eigenvalue weighted by molar-refractivity contribution is 0.272. The third kappa shape index (κ3) is 7.02. The molecule has 2 aliphatic heterocycles. The Bertz CT molecular complexity index is 280. The lowest BCUT2D eigenvalue weighted by atomic mass is 10.4. The van der Waals surface area contributed by atoms with Gasteiger partial charge in [-0.1, -0.05) is 32.0 Å². The first kappa shape index (κ1) is 19.8. The maximum absolute atomic E-state index is 5.77. The Morgan fingerprint density at radius 3 is 1.90 bits per heavy atom. The summed E-state index contributed by atoms with van der Waals surface area (Å²) in [6, 6.07) is 3.74. The molecule has 2 fully saturated rings. The zero-order valence-electron chi connectivity index (χ0n) is 12.7. The van der Waals surface area contributed by atoms with Crippen molar-refractivity contribution >= 4 is 16.6 Å². The van der Waals surface area contributed by atoms with Crippen LogP contribution in [0.3, 0.4) is 0 Å². The molecule has 0 amide bonds. The van der Waals surface area contributed by atoms with Gasteiger partial charge in [0.25, 0.3) is 0 Å². The molecular weight excluding hydrogens is 280 g/mol. The highest BCUT2D eigenvalue weighted by Gasteiger charge is 2.29. The molecule has 0 bridgehead atoms. The van der Waals surface area contributed by atoms with Crippen LogP contribution in [-0.2, 0) is 8.85 Å². The molecular formula is C16H34O2Si2. The van der Waals surface area contributed by atoms with Gasteiger partial charge in [0.1, 0.15) is 0 Å². The van der Waals surface area contributed by atoms with E-state index in [-0.39, 0.29) is 7.43 Å². The summed E-state index contributed by atoms with van der Waals surface area (Å²) in [5, 5.41) is 0. The van der Waals surface area contributed by atoms with Crippen LogP contribution < -0.4 is 0 Å². The van der Waals surface area contributed by atoms with Crippen LogP contribution in [0.15, 0.2) is 24.9 Å². The summed E-state index contributed by atoms with van der Waals surface area (Å²) >= 11 is 0. The summed E-state index contributed by atoms with van der Waals surface area (Å²) in [7, 11) is -2.60. The van der Waals surface area contributed by atoms with Crippen molar-refractivity contribution in [2.45, 2.75) is 64.3 Å². The smallest absolute Gasteiger partial charge is 0.213 e. The van der Waals surface area contributed by atoms with Gasteiger partial charge in [0, 0.05) is 13.2 Å². The Balaban J connectivity index is 0.000000345. The van der Waals surface area contributed by atoms with Crippen molar-refractivity contribution in [3.05, 3.63) is 24.9 Å². The molecule has 0 aromatic rings. The first-order chi connectivity index (χ1) is 9.04. The number of allylic oxidation sites excluding steroid dienone is 1. The maximum atomic E-state index is 5.77. The minimum absolute atomic E-state index is 0. The van der Waals surface area contributed by atoms with Crippen LogP contribution in [0.4, 0.5) is 0 Å². The van der Waals surface area contributed by atoms with Crippen LogP contribution in [0, 0.1) is 0 Å². The van der Waals surface area contributed by atoms with E-state index >= 15 is 0 Å². The van der Waals surface area contributed by atoms with E-state index in [1.165, 1.54) is 37.8 Å². The normalized spacial score (nSPS) is 33.1. The predicted octanol–water partition coefficient (Wildman–Crippen LogP) is 5.29. The Labute approximate surface area is 128 Å². The molecule has 0 saturated carbocycles. The van der Waals surface area contributed by atoms with Gasteiger partial charge < -0.3 is 8.85 Å². The van der Waals surface area contributed by atoms with Crippen molar-refractivity contribution < 1.29 is 8.85 Å². The SMILES string of the molecule is C.C=CC[Si]1(C)CCCCO1.C=C[Si]1(C)CCCCO1. The van der Waals surface area contributed by atoms with Crippen molar-refractivity contribution in [2.24, 2.45) is 0 Å². The highest BCUT2D eigenvalue weighted by molar-refractivity contribution is 6.77. The van der Waals surface area contributed by atoms with Crippen LogP contribution >= 0.6 is 0 Å². The second-order valence-corrected chi connectivity index (χ2v) is 14.0. The molecule has 0 aliphatic carbocycles. The van der Waals surface area contributed by atoms with Gasteiger partial charge >= 0.3 is 0 Å². The van der Waals surface area contributed by atoms with Crippen molar-refractivity contribution in [2.75, 3.05) is 13.2 Å². The lowest BCUT2D eigenvalue weighted by Gasteiger charge is -2.30. The third-order valence-corrected chi connectivity index (χ3v) is 10.6. The van der Waals surface area contributed by atoms with E-state index in [0.29, 0.717) is 0 Å². The van der Waals surface area contributed by atoms with Gasteiger partial charge in [-0.15, -0.1) is 13.2 Å². The molecule has 2 rings (SSSR count). The van der Waals surface area contributed by atoms with Gasteiger partial charge in [0.15, 0.2) is 8.32 Å². The molecule has 118 valence electrons. The molecule has 2 atom stereocenters. The summed E-state index contributed by atoms with van der Waals surface area (Å²) < 4.78 is 11.4. The quantitative estimate of drug-likeness (QED) is 0.520. The van der Waals surface area contributed by atoms with Gasteiger partial charge in [-0.3, -0.25) is 0 Å². The topological polar surface area (TPSA) is 18.5 Å². The molecule has 0 spiro atoms. The number of hydrogen-bond donors (Lipinski definition) is 0. The Kier molecular flexibility index (Phi) is 9.63. The van der Waals surface area contributed by atoms with Crippen molar-refractivity contribution in [1.29, 1.82) is 0 Å². The van der Waals surface area contributed by atoms with Crippen LogP contribution in [0.5, 0.6) is 0 Å². The van der Waals surface area contributed by atoms with Gasteiger partial charge in [-0.25, -0.2) is 0 Å². The molecule has 2 heterocycles. The van der Waals surface area contributed by atoms with E-state index in [9.17, 15) is 0 Å². The summed E-state index contributed by atoms with van der Waals surface area (Å²) in [6.07, 6.45) is 7.24. The monoisotopic (exact) mass is 314 g/mol. The summed E-state index contributed by atoms with van der Waals surface area (Å²) in [5.74, 6) is 0. The fourth-order valence-electron chi connectivity index (χ4n) is 2.57. The minimum atomic E-state index is -1.35. The molecule has 0 radical (unpaired) electrons. The zero-order chi connectivity index (χ0) is 14.2. The average molecular weight is 315 g/mol. The molecule has 0 N–H and O–H groups in total. The Hall–Kier alpha value is -0.166. The van der Waals surface area contributed by atoms with E-state index in [2.05, 4.69) is 26.3 Å². The van der Waals surface area contributed by atoms with Crippen LogP contribution in [0.25, 0.3) is 0 Å². The van der Waals surface area contributed by atoms with Gasteiger partial charge in [0.05, 0.1) is 0 Å².